The molecule has 162 valence electrons. The predicted octanol–water partition coefficient (Wildman–Crippen LogP) is 3.30. The highest BCUT2D eigenvalue weighted by atomic mass is 16.5. The summed E-state index contributed by atoms with van der Waals surface area (Å²) in [4.78, 5) is 29.9. The van der Waals surface area contributed by atoms with Gasteiger partial charge in [0.05, 0.1) is 18.9 Å². The summed E-state index contributed by atoms with van der Waals surface area (Å²) in [7, 11) is 1.63. The van der Waals surface area contributed by atoms with E-state index in [1.807, 2.05) is 36.1 Å². The molecule has 7 nitrogen and oxygen atoms in total. The van der Waals surface area contributed by atoms with Crippen LogP contribution in [0.4, 0.5) is 0 Å². The molecule has 0 saturated carbocycles. The molecule has 2 heterocycles. The number of carbonyl (C=O) groups is 1. The fourth-order valence-corrected chi connectivity index (χ4v) is 3.96. The number of benzene rings is 2. The van der Waals surface area contributed by atoms with Gasteiger partial charge in [0.1, 0.15) is 5.75 Å². The van der Waals surface area contributed by atoms with Crippen molar-refractivity contribution in [3.05, 3.63) is 82.0 Å². The second-order valence-corrected chi connectivity index (χ2v) is 7.79. The van der Waals surface area contributed by atoms with Gasteiger partial charge in [0.2, 0.25) is 0 Å². The number of rotatable bonds is 7. The minimum Gasteiger partial charge on any atom is -0.497 e. The van der Waals surface area contributed by atoms with Crippen molar-refractivity contribution in [1.29, 1.82) is 0 Å². The molecule has 0 bridgehead atoms. The van der Waals surface area contributed by atoms with E-state index in [-0.39, 0.29) is 17.7 Å². The van der Waals surface area contributed by atoms with Gasteiger partial charge in [-0.05, 0) is 61.7 Å². The average molecular weight is 421 g/mol. The van der Waals surface area contributed by atoms with Crippen LogP contribution in [0.3, 0.4) is 0 Å². The number of aryl methyl sites for hydroxylation is 1. The number of H-pyrrole nitrogens is 1. The third kappa shape index (κ3) is 4.72. The lowest BCUT2D eigenvalue weighted by molar-refractivity contribution is 0.0507. The van der Waals surface area contributed by atoms with Gasteiger partial charge >= 0.3 is 5.69 Å². The zero-order valence-electron chi connectivity index (χ0n) is 17.8. The molecule has 1 aromatic heterocycles. The summed E-state index contributed by atoms with van der Waals surface area (Å²) in [5.74, 6) is 0.696. The van der Waals surface area contributed by atoms with Crippen LogP contribution in [0, 0.1) is 6.92 Å². The Balaban J connectivity index is 1.57. The summed E-state index contributed by atoms with van der Waals surface area (Å²) in [6, 6.07) is 14.9. The van der Waals surface area contributed by atoms with Crippen molar-refractivity contribution in [3.63, 3.8) is 0 Å². The first-order valence-corrected chi connectivity index (χ1v) is 10.5. The van der Waals surface area contributed by atoms with Crippen molar-refractivity contribution in [2.75, 3.05) is 20.3 Å². The lowest BCUT2D eigenvalue weighted by atomic mass is 10.1. The number of hydrogen-bond acceptors (Lipinski definition) is 4. The van der Waals surface area contributed by atoms with Gasteiger partial charge in [0.15, 0.2) is 0 Å². The number of imidazole rings is 1. The van der Waals surface area contributed by atoms with Crippen molar-refractivity contribution in [2.45, 2.75) is 32.4 Å². The molecule has 0 aliphatic carbocycles. The molecular formula is C24H27N3O4. The molecule has 1 saturated heterocycles. The molecule has 3 aromatic rings. The van der Waals surface area contributed by atoms with Crippen LogP contribution >= 0.6 is 0 Å². The third-order valence-electron chi connectivity index (χ3n) is 5.58. The van der Waals surface area contributed by atoms with Crippen LogP contribution in [-0.2, 0) is 11.3 Å². The minimum atomic E-state index is -0.199. The number of aromatic amines is 1. The van der Waals surface area contributed by atoms with Crippen molar-refractivity contribution in [2.24, 2.45) is 0 Å². The van der Waals surface area contributed by atoms with E-state index in [4.69, 9.17) is 9.47 Å². The molecule has 4 rings (SSSR count). The first kappa shape index (κ1) is 20.9. The molecule has 1 fully saturated rings. The van der Waals surface area contributed by atoms with Gasteiger partial charge in [0, 0.05) is 37.2 Å². The monoisotopic (exact) mass is 421 g/mol. The van der Waals surface area contributed by atoms with Crippen LogP contribution in [-0.4, -0.2) is 46.7 Å². The maximum absolute atomic E-state index is 13.4. The van der Waals surface area contributed by atoms with Crippen molar-refractivity contribution in [3.8, 4) is 11.4 Å². The number of amides is 1. The fraction of sp³-hybridized carbons (Fsp3) is 0.333. The lowest BCUT2D eigenvalue weighted by Gasteiger charge is -2.26. The Morgan fingerprint density at radius 1 is 1.26 bits per heavy atom. The standard InChI is InChI=1S/C24H27N3O4/c1-17-14-25-24(29)27(17)20-10-8-19(9-11-20)23(28)26(16-22-7-4-12-31-22)15-18-5-3-6-21(13-18)30-2/h3,5-6,8-11,13-14,22H,4,7,12,15-16H2,1-2H3,(H,25,29). The predicted molar refractivity (Wildman–Crippen MR) is 118 cm³/mol. The molecule has 1 amide bonds. The van der Waals surface area contributed by atoms with Crippen LogP contribution < -0.4 is 10.4 Å². The number of carbonyl (C=O) groups excluding carboxylic acids is 1. The van der Waals surface area contributed by atoms with E-state index in [0.29, 0.717) is 18.7 Å². The fourth-order valence-electron chi connectivity index (χ4n) is 3.96. The Kier molecular flexibility index (Phi) is 6.23. The topological polar surface area (TPSA) is 76.6 Å². The Hall–Kier alpha value is -3.32. The minimum absolute atomic E-state index is 0.0508. The van der Waals surface area contributed by atoms with E-state index < -0.39 is 0 Å². The highest BCUT2D eigenvalue weighted by Crippen LogP contribution is 2.20. The van der Waals surface area contributed by atoms with Gasteiger partial charge < -0.3 is 19.4 Å². The van der Waals surface area contributed by atoms with E-state index in [1.54, 1.807) is 42.1 Å². The summed E-state index contributed by atoms with van der Waals surface area (Å²) in [6.45, 7) is 3.60. The van der Waals surface area contributed by atoms with Gasteiger partial charge in [-0.2, -0.15) is 0 Å². The van der Waals surface area contributed by atoms with Crippen LogP contribution in [0.5, 0.6) is 5.75 Å². The maximum Gasteiger partial charge on any atom is 0.330 e. The average Bonchev–Trinajstić information content (AvgIpc) is 3.42. The Bertz CT molecular complexity index is 1090. The summed E-state index contributed by atoms with van der Waals surface area (Å²) in [6.07, 6.45) is 3.69. The summed E-state index contributed by atoms with van der Waals surface area (Å²) in [5.41, 5.74) is 2.90. The third-order valence-corrected chi connectivity index (χ3v) is 5.58. The lowest BCUT2D eigenvalue weighted by Crippen LogP contribution is -2.37. The first-order valence-electron chi connectivity index (χ1n) is 10.5. The number of nitrogens with one attached hydrogen (secondary N) is 1. The largest absolute Gasteiger partial charge is 0.497 e. The molecule has 2 aromatic carbocycles. The van der Waals surface area contributed by atoms with E-state index in [0.717, 1.165) is 42.1 Å². The molecule has 1 unspecified atom stereocenters. The molecule has 0 spiro atoms. The van der Waals surface area contributed by atoms with Crippen LogP contribution in [0.2, 0.25) is 0 Å². The number of aromatic nitrogens is 2. The highest BCUT2D eigenvalue weighted by Gasteiger charge is 2.24. The van der Waals surface area contributed by atoms with Crippen LogP contribution in [0.15, 0.2) is 59.5 Å². The quantitative estimate of drug-likeness (QED) is 0.635. The highest BCUT2D eigenvalue weighted by molar-refractivity contribution is 5.94. The Morgan fingerprint density at radius 2 is 2.06 bits per heavy atom. The molecule has 1 N–H and O–H groups in total. The van der Waals surface area contributed by atoms with Crippen LogP contribution in [0.1, 0.15) is 34.5 Å². The van der Waals surface area contributed by atoms with Gasteiger partial charge in [-0.3, -0.25) is 9.36 Å². The van der Waals surface area contributed by atoms with E-state index in [9.17, 15) is 9.59 Å². The van der Waals surface area contributed by atoms with Crippen molar-refractivity contribution < 1.29 is 14.3 Å². The normalized spacial score (nSPS) is 15.7. The van der Waals surface area contributed by atoms with Gasteiger partial charge in [0.25, 0.3) is 5.91 Å². The molecular weight excluding hydrogens is 394 g/mol. The van der Waals surface area contributed by atoms with Crippen molar-refractivity contribution >= 4 is 5.91 Å². The summed E-state index contributed by atoms with van der Waals surface area (Å²) in [5, 5.41) is 0. The number of methoxy groups -OCH3 is 1. The van der Waals surface area contributed by atoms with E-state index >= 15 is 0 Å². The van der Waals surface area contributed by atoms with Crippen molar-refractivity contribution in [1.82, 2.24) is 14.5 Å². The molecule has 1 aliphatic heterocycles. The van der Waals surface area contributed by atoms with Gasteiger partial charge in [-0.15, -0.1) is 0 Å². The summed E-state index contributed by atoms with van der Waals surface area (Å²) >= 11 is 0. The second-order valence-electron chi connectivity index (χ2n) is 7.79. The molecule has 1 aliphatic rings. The smallest absolute Gasteiger partial charge is 0.330 e. The Morgan fingerprint density at radius 3 is 2.71 bits per heavy atom. The number of ether oxygens (including phenoxy) is 2. The second kappa shape index (κ2) is 9.22. The Labute approximate surface area is 181 Å². The first-order chi connectivity index (χ1) is 15.0. The zero-order valence-corrected chi connectivity index (χ0v) is 17.8. The van der Waals surface area contributed by atoms with E-state index in [2.05, 4.69) is 4.98 Å². The molecule has 1 atom stereocenters. The summed E-state index contributed by atoms with van der Waals surface area (Å²) < 4.78 is 12.7. The van der Waals surface area contributed by atoms with Gasteiger partial charge in [-0.1, -0.05) is 12.1 Å². The van der Waals surface area contributed by atoms with E-state index in [1.165, 1.54) is 0 Å². The zero-order chi connectivity index (χ0) is 21.8. The number of hydrogen-bond donors (Lipinski definition) is 1. The van der Waals surface area contributed by atoms with Crippen LogP contribution in [0.25, 0.3) is 5.69 Å². The molecule has 7 heteroatoms. The molecule has 0 radical (unpaired) electrons. The SMILES string of the molecule is COc1cccc(CN(CC2CCCO2)C(=O)c2ccc(-n3c(C)c[nH]c3=O)cc2)c1. The maximum atomic E-state index is 13.4. The molecule has 31 heavy (non-hydrogen) atoms. The number of nitrogens with zero attached hydrogens (tertiary/aromatic N) is 2. The van der Waals surface area contributed by atoms with Gasteiger partial charge in [-0.25, -0.2) is 4.79 Å².